The van der Waals surface area contributed by atoms with Gasteiger partial charge in [0.25, 0.3) is 0 Å². The predicted molar refractivity (Wildman–Crippen MR) is 69.4 cm³/mol. The molecule has 1 heterocycles. The number of carboxylic acids is 1. The van der Waals surface area contributed by atoms with E-state index in [0.29, 0.717) is 11.1 Å². The number of aryl methyl sites for hydroxylation is 1. The Morgan fingerprint density at radius 3 is 2.58 bits per heavy atom. The van der Waals surface area contributed by atoms with Crippen molar-refractivity contribution < 1.29 is 19.5 Å². The average molecular weight is 261 g/mol. The van der Waals surface area contributed by atoms with Crippen LogP contribution in [0, 0.1) is 6.92 Å². The molecule has 0 aliphatic heterocycles. The van der Waals surface area contributed by atoms with Crippen molar-refractivity contribution in [2.45, 2.75) is 26.7 Å². The van der Waals surface area contributed by atoms with E-state index in [0.717, 1.165) is 5.56 Å². The zero-order chi connectivity index (χ0) is 14.2. The van der Waals surface area contributed by atoms with Crippen LogP contribution < -0.4 is 0 Å². The van der Waals surface area contributed by atoms with Crippen LogP contribution >= 0.6 is 0 Å². The number of phenolic OH excluding ortho intramolecular Hbond substituents is 1. The number of hydrogen-bond donors (Lipinski definition) is 2. The van der Waals surface area contributed by atoms with Gasteiger partial charge in [-0.1, -0.05) is 31.1 Å². The molecular weight excluding hydrogens is 246 g/mol. The summed E-state index contributed by atoms with van der Waals surface area (Å²) in [5.41, 5.74) is 1.92. The lowest BCUT2D eigenvalue weighted by Gasteiger charge is -2.13. The van der Waals surface area contributed by atoms with Crippen LogP contribution in [0.25, 0.3) is 11.3 Å². The number of aromatic carboxylic acids is 1. The number of benzene rings is 1. The molecule has 0 fully saturated rings. The Kier molecular flexibility index (Phi) is 3.29. The fourth-order valence-electron chi connectivity index (χ4n) is 1.94. The predicted octanol–water partition coefficient (Wildman–Crippen LogP) is 3.18. The van der Waals surface area contributed by atoms with Crippen molar-refractivity contribution in [2.75, 3.05) is 0 Å². The SMILES string of the molecule is Cc1ccc(C(C)C)c(-c2cc(C(=O)O)no2)c1O. The van der Waals surface area contributed by atoms with Gasteiger partial charge in [0.15, 0.2) is 11.5 Å². The molecule has 0 aliphatic rings. The van der Waals surface area contributed by atoms with Crippen LogP contribution in [0.2, 0.25) is 0 Å². The molecule has 2 rings (SSSR count). The molecule has 0 saturated carbocycles. The van der Waals surface area contributed by atoms with Crippen molar-refractivity contribution >= 4 is 5.97 Å². The van der Waals surface area contributed by atoms with E-state index in [1.807, 2.05) is 26.0 Å². The van der Waals surface area contributed by atoms with Gasteiger partial charge >= 0.3 is 5.97 Å². The van der Waals surface area contributed by atoms with E-state index >= 15 is 0 Å². The minimum absolute atomic E-state index is 0.0966. The van der Waals surface area contributed by atoms with Gasteiger partial charge in [-0.25, -0.2) is 4.79 Å². The van der Waals surface area contributed by atoms with E-state index < -0.39 is 5.97 Å². The lowest BCUT2D eigenvalue weighted by Crippen LogP contribution is -1.95. The van der Waals surface area contributed by atoms with Crippen molar-refractivity contribution in [2.24, 2.45) is 0 Å². The number of phenols is 1. The van der Waals surface area contributed by atoms with Gasteiger partial charge in [-0.15, -0.1) is 0 Å². The maximum absolute atomic E-state index is 10.8. The number of aromatic hydroxyl groups is 1. The number of carboxylic acid groups (broad SMARTS) is 1. The molecular formula is C14H15NO4. The Bertz CT molecular complexity index is 628. The molecule has 2 N–H and O–H groups in total. The first-order valence-corrected chi connectivity index (χ1v) is 5.94. The van der Waals surface area contributed by atoms with E-state index in [1.165, 1.54) is 6.07 Å². The summed E-state index contributed by atoms with van der Waals surface area (Å²) in [6.07, 6.45) is 0. The highest BCUT2D eigenvalue weighted by Crippen LogP contribution is 2.38. The molecule has 2 aromatic rings. The standard InChI is InChI=1S/C14H15NO4/c1-7(2)9-5-4-8(3)13(16)12(9)11-6-10(14(17)18)15-19-11/h4-7,16H,1-3H3,(H,17,18). The van der Waals surface area contributed by atoms with Crippen molar-refractivity contribution in [1.29, 1.82) is 0 Å². The van der Waals surface area contributed by atoms with Crippen LogP contribution in [-0.4, -0.2) is 21.3 Å². The van der Waals surface area contributed by atoms with Gasteiger partial charge in [0.05, 0.1) is 5.56 Å². The summed E-state index contributed by atoms with van der Waals surface area (Å²) in [5.74, 6) is -0.630. The third-order valence-corrected chi connectivity index (χ3v) is 3.01. The van der Waals surface area contributed by atoms with Gasteiger partial charge in [-0.05, 0) is 24.0 Å². The normalized spacial score (nSPS) is 10.9. The maximum atomic E-state index is 10.8. The van der Waals surface area contributed by atoms with E-state index in [4.69, 9.17) is 9.63 Å². The van der Waals surface area contributed by atoms with E-state index in [2.05, 4.69) is 5.16 Å². The van der Waals surface area contributed by atoms with Gasteiger partial charge < -0.3 is 14.7 Å². The van der Waals surface area contributed by atoms with Crippen LogP contribution in [0.5, 0.6) is 5.75 Å². The molecule has 5 heteroatoms. The molecule has 0 atom stereocenters. The Morgan fingerprint density at radius 1 is 1.37 bits per heavy atom. The summed E-state index contributed by atoms with van der Waals surface area (Å²) in [7, 11) is 0. The first kappa shape index (κ1) is 13.1. The summed E-state index contributed by atoms with van der Waals surface area (Å²) >= 11 is 0. The number of aromatic nitrogens is 1. The second-order valence-corrected chi connectivity index (χ2v) is 4.73. The van der Waals surface area contributed by atoms with E-state index in [-0.39, 0.29) is 23.1 Å². The van der Waals surface area contributed by atoms with Gasteiger partial charge in [0, 0.05) is 6.07 Å². The second kappa shape index (κ2) is 4.76. The molecule has 100 valence electrons. The molecule has 0 spiro atoms. The summed E-state index contributed by atoms with van der Waals surface area (Å²) in [6, 6.07) is 5.05. The Balaban J connectivity index is 2.65. The van der Waals surface area contributed by atoms with E-state index in [9.17, 15) is 9.90 Å². The largest absolute Gasteiger partial charge is 0.507 e. The summed E-state index contributed by atoms with van der Waals surface area (Å²) in [5, 5.41) is 22.5. The third kappa shape index (κ3) is 2.31. The minimum atomic E-state index is -1.16. The molecule has 0 amide bonds. The van der Waals surface area contributed by atoms with Crippen molar-refractivity contribution in [3.8, 4) is 17.1 Å². The quantitative estimate of drug-likeness (QED) is 0.886. The summed E-state index contributed by atoms with van der Waals surface area (Å²) in [4.78, 5) is 10.8. The van der Waals surface area contributed by atoms with Crippen LogP contribution in [0.3, 0.4) is 0 Å². The van der Waals surface area contributed by atoms with Crippen LogP contribution in [-0.2, 0) is 0 Å². The Hall–Kier alpha value is -2.30. The Labute approximate surface area is 110 Å². The maximum Gasteiger partial charge on any atom is 0.358 e. The van der Waals surface area contributed by atoms with Crippen molar-refractivity contribution in [3.63, 3.8) is 0 Å². The third-order valence-electron chi connectivity index (χ3n) is 3.01. The van der Waals surface area contributed by atoms with Crippen LogP contribution in [0.4, 0.5) is 0 Å². The zero-order valence-corrected chi connectivity index (χ0v) is 11.0. The lowest BCUT2D eigenvalue weighted by atomic mass is 9.93. The minimum Gasteiger partial charge on any atom is -0.507 e. The molecule has 0 aliphatic carbocycles. The second-order valence-electron chi connectivity index (χ2n) is 4.73. The van der Waals surface area contributed by atoms with Gasteiger partial charge in [0.2, 0.25) is 0 Å². The Morgan fingerprint density at radius 2 is 2.05 bits per heavy atom. The fraction of sp³-hybridized carbons (Fsp3) is 0.286. The number of carbonyl (C=O) groups is 1. The molecule has 1 aromatic carbocycles. The molecule has 0 bridgehead atoms. The monoisotopic (exact) mass is 261 g/mol. The fourth-order valence-corrected chi connectivity index (χ4v) is 1.94. The zero-order valence-electron chi connectivity index (χ0n) is 11.0. The first-order chi connectivity index (χ1) is 8.91. The van der Waals surface area contributed by atoms with Crippen molar-refractivity contribution in [3.05, 3.63) is 35.0 Å². The van der Waals surface area contributed by atoms with Crippen molar-refractivity contribution in [1.82, 2.24) is 5.16 Å². The molecule has 0 saturated heterocycles. The molecule has 5 nitrogen and oxygen atoms in total. The number of nitrogens with zero attached hydrogens (tertiary/aromatic N) is 1. The van der Waals surface area contributed by atoms with E-state index in [1.54, 1.807) is 6.92 Å². The molecule has 0 radical (unpaired) electrons. The van der Waals surface area contributed by atoms with Gasteiger partial charge in [-0.2, -0.15) is 0 Å². The summed E-state index contributed by atoms with van der Waals surface area (Å²) in [6.45, 7) is 5.75. The smallest absolute Gasteiger partial charge is 0.358 e. The number of hydrogen-bond acceptors (Lipinski definition) is 4. The summed E-state index contributed by atoms with van der Waals surface area (Å²) < 4.78 is 5.05. The van der Waals surface area contributed by atoms with Crippen LogP contribution in [0.15, 0.2) is 22.7 Å². The molecule has 1 aromatic heterocycles. The highest BCUT2D eigenvalue weighted by atomic mass is 16.5. The van der Waals surface area contributed by atoms with Crippen LogP contribution in [0.1, 0.15) is 41.4 Å². The topological polar surface area (TPSA) is 83.6 Å². The van der Waals surface area contributed by atoms with Gasteiger partial charge in [0.1, 0.15) is 5.75 Å². The highest BCUT2D eigenvalue weighted by molar-refractivity contribution is 5.87. The van der Waals surface area contributed by atoms with Gasteiger partial charge in [-0.3, -0.25) is 0 Å². The number of rotatable bonds is 3. The lowest BCUT2D eigenvalue weighted by molar-refractivity contribution is 0.0686. The first-order valence-electron chi connectivity index (χ1n) is 5.94. The molecule has 19 heavy (non-hydrogen) atoms. The molecule has 0 unspecified atom stereocenters. The average Bonchev–Trinajstić information content (AvgIpc) is 2.81. The highest BCUT2D eigenvalue weighted by Gasteiger charge is 2.20.